The Labute approximate surface area is 201 Å². The number of fused-ring (bicyclic) bond motifs is 7. The number of carbonyl (C=O) groups excluding carboxylic acids is 1. The highest BCUT2D eigenvalue weighted by atomic mass is 16.3. The minimum absolute atomic E-state index is 0.0272. The van der Waals surface area contributed by atoms with E-state index in [1.54, 1.807) is 5.57 Å². The molecule has 0 aromatic heterocycles. The maximum absolute atomic E-state index is 13.0. The van der Waals surface area contributed by atoms with Gasteiger partial charge in [-0.15, -0.1) is 0 Å². The third-order valence-electron chi connectivity index (χ3n) is 12.9. The van der Waals surface area contributed by atoms with Crippen molar-refractivity contribution in [3.8, 4) is 0 Å². The molecule has 5 aliphatic rings. The summed E-state index contributed by atoms with van der Waals surface area (Å²) in [6, 6.07) is 0. The second-order valence-electron chi connectivity index (χ2n) is 15.0. The van der Waals surface area contributed by atoms with Crippen molar-refractivity contribution < 1.29 is 15.0 Å². The van der Waals surface area contributed by atoms with Gasteiger partial charge in [-0.3, -0.25) is 0 Å². The maximum atomic E-state index is 13.0. The number of hydrogen-bond donors (Lipinski definition) is 2. The molecule has 0 heterocycles. The van der Waals surface area contributed by atoms with Crippen LogP contribution < -0.4 is 0 Å². The second-order valence-corrected chi connectivity index (χ2v) is 15.0. The second kappa shape index (κ2) is 6.96. The van der Waals surface area contributed by atoms with Crippen LogP contribution in [0, 0.1) is 50.2 Å². The Kier molecular flexibility index (Phi) is 5.07. The predicted octanol–water partition coefficient (Wildman–Crippen LogP) is 6.32. The fraction of sp³-hybridized carbons (Fsp3) is 0.900. The number of aliphatic hydroxyl groups excluding tert-OH is 2. The van der Waals surface area contributed by atoms with Gasteiger partial charge in [0.2, 0.25) is 0 Å². The summed E-state index contributed by atoms with van der Waals surface area (Å²) in [5.41, 5.74) is 1.36. The standard InChI is InChI=1S/C30H48O3/c1-25(2)16-20-19-8-9-22-29(7,28(19,6)15-14-27(20,5)24(33)17-25)12-10-21-26(3,4)23(32)11-13-30(21,22)18-31/h8,18,20-24,32-33H,9-17H2,1-7H3. The minimum Gasteiger partial charge on any atom is -0.393 e. The molecule has 9 atom stereocenters. The van der Waals surface area contributed by atoms with Crippen LogP contribution in [0.25, 0.3) is 0 Å². The SMILES string of the molecule is CC1(C)CC(O)C2(C)CCC3(C)C(=CCC4C5(C=O)CCC(O)C(C)(C)C5CCC43C)C2C1. The molecule has 0 aromatic rings. The lowest BCUT2D eigenvalue weighted by Crippen LogP contribution is -2.66. The van der Waals surface area contributed by atoms with Crippen molar-refractivity contribution in [2.45, 2.75) is 118 Å². The highest BCUT2D eigenvalue weighted by Crippen LogP contribution is 2.75. The molecule has 0 bridgehead atoms. The van der Waals surface area contributed by atoms with Crippen LogP contribution in [0.2, 0.25) is 0 Å². The van der Waals surface area contributed by atoms with E-state index in [1.165, 1.54) is 6.29 Å². The summed E-state index contributed by atoms with van der Waals surface area (Å²) in [5.74, 6) is 1.03. The van der Waals surface area contributed by atoms with Crippen LogP contribution >= 0.6 is 0 Å². The molecule has 186 valence electrons. The monoisotopic (exact) mass is 456 g/mol. The first-order valence-corrected chi connectivity index (χ1v) is 13.7. The fourth-order valence-corrected chi connectivity index (χ4v) is 10.4. The number of aldehydes is 1. The maximum Gasteiger partial charge on any atom is 0.126 e. The third-order valence-corrected chi connectivity index (χ3v) is 12.9. The van der Waals surface area contributed by atoms with Crippen LogP contribution in [0.4, 0.5) is 0 Å². The van der Waals surface area contributed by atoms with E-state index in [1.807, 2.05) is 0 Å². The van der Waals surface area contributed by atoms with E-state index in [2.05, 4.69) is 54.5 Å². The topological polar surface area (TPSA) is 57.5 Å². The first kappa shape index (κ1) is 24.0. The lowest BCUT2D eigenvalue weighted by atomic mass is 9.33. The van der Waals surface area contributed by atoms with Gasteiger partial charge in [-0.05, 0) is 97.2 Å². The minimum atomic E-state index is -0.327. The van der Waals surface area contributed by atoms with Gasteiger partial charge in [0.15, 0.2) is 0 Å². The van der Waals surface area contributed by atoms with Gasteiger partial charge < -0.3 is 15.0 Å². The number of carbonyl (C=O) groups is 1. The Bertz CT molecular complexity index is 872. The molecule has 5 aliphatic carbocycles. The zero-order valence-corrected chi connectivity index (χ0v) is 22.2. The molecule has 5 rings (SSSR count). The van der Waals surface area contributed by atoms with E-state index < -0.39 is 0 Å². The third kappa shape index (κ3) is 2.85. The molecular weight excluding hydrogens is 408 g/mol. The molecule has 0 aromatic carbocycles. The zero-order valence-electron chi connectivity index (χ0n) is 22.2. The Morgan fingerprint density at radius 1 is 0.848 bits per heavy atom. The average molecular weight is 457 g/mol. The van der Waals surface area contributed by atoms with Crippen LogP contribution in [0.5, 0.6) is 0 Å². The van der Waals surface area contributed by atoms with Crippen molar-refractivity contribution in [1.29, 1.82) is 0 Å². The summed E-state index contributed by atoms with van der Waals surface area (Å²) in [6.45, 7) is 16.4. The van der Waals surface area contributed by atoms with Gasteiger partial charge in [0, 0.05) is 10.8 Å². The molecule has 0 aliphatic heterocycles. The van der Waals surface area contributed by atoms with Crippen molar-refractivity contribution in [2.24, 2.45) is 50.2 Å². The molecule has 4 fully saturated rings. The van der Waals surface area contributed by atoms with Gasteiger partial charge >= 0.3 is 0 Å². The Morgan fingerprint density at radius 3 is 2.21 bits per heavy atom. The number of rotatable bonds is 1. The van der Waals surface area contributed by atoms with Crippen LogP contribution in [-0.4, -0.2) is 28.7 Å². The van der Waals surface area contributed by atoms with Crippen LogP contribution in [0.3, 0.4) is 0 Å². The Morgan fingerprint density at radius 2 is 1.55 bits per heavy atom. The molecule has 9 unspecified atom stereocenters. The number of allylic oxidation sites excluding steroid dienone is 2. The van der Waals surface area contributed by atoms with Crippen molar-refractivity contribution in [1.82, 2.24) is 0 Å². The van der Waals surface area contributed by atoms with E-state index >= 15 is 0 Å². The summed E-state index contributed by atoms with van der Waals surface area (Å²) in [5, 5.41) is 22.2. The van der Waals surface area contributed by atoms with Gasteiger partial charge in [-0.2, -0.15) is 0 Å². The van der Waals surface area contributed by atoms with E-state index in [-0.39, 0.29) is 50.6 Å². The molecule has 2 N–H and O–H groups in total. The Hall–Kier alpha value is -0.670. The molecule has 33 heavy (non-hydrogen) atoms. The lowest BCUT2D eigenvalue weighted by molar-refractivity contribution is -0.206. The number of aliphatic hydroxyl groups is 2. The van der Waals surface area contributed by atoms with Gasteiger partial charge in [0.05, 0.1) is 12.2 Å². The van der Waals surface area contributed by atoms with Gasteiger partial charge in [-0.1, -0.05) is 60.1 Å². The van der Waals surface area contributed by atoms with Crippen LogP contribution in [0.15, 0.2) is 11.6 Å². The van der Waals surface area contributed by atoms with Gasteiger partial charge in [-0.25, -0.2) is 0 Å². The highest BCUT2D eigenvalue weighted by molar-refractivity contribution is 5.63. The van der Waals surface area contributed by atoms with Crippen molar-refractivity contribution in [2.75, 3.05) is 0 Å². The van der Waals surface area contributed by atoms with E-state index in [0.29, 0.717) is 11.8 Å². The van der Waals surface area contributed by atoms with E-state index in [0.717, 1.165) is 57.8 Å². The zero-order chi connectivity index (χ0) is 24.2. The first-order chi connectivity index (χ1) is 15.2. The van der Waals surface area contributed by atoms with Crippen molar-refractivity contribution in [3.05, 3.63) is 11.6 Å². The molecule has 0 amide bonds. The first-order valence-electron chi connectivity index (χ1n) is 13.7. The molecule has 0 saturated heterocycles. The largest absolute Gasteiger partial charge is 0.393 e. The molecule has 3 heteroatoms. The van der Waals surface area contributed by atoms with Crippen molar-refractivity contribution in [3.63, 3.8) is 0 Å². The summed E-state index contributed by atoms with van der Waals surface area (Å²) >= 11 is 0. The fourth-order valence-electron chi connectivity index (χ4n) is 10.4. The summed E-state index contributed by atoms with van der Waals surface area (Å²) in [6.07, 6.45) is 12.3. The molecule has 3 nitrogen and oxygen atoms in total. The average Bonchev–Trinajstić information content (AvgIpc) is 2.72. The summed E-state index contributed by atoms with van der Waals surface area (Å²) in [4.78, 5) is 13.0. The number of hydrogen-bond acceptors (Lipinski definition) is 3. The van der Waals surface area contributed by atoms with Crippen LogP contribution in [0.1, 0.15) is 106 Å². The molecule has 0 radical (unpaired) electrons. The van der Waals surface area contributed by atoms with Crippen molar-refractivity contribution >= 4 is 6.29 Å². The van der Waals surface area contributed by atoms with Gasteiger partial charge in [0.25, 0.3) is 0 Å². The van der Waals surface area contributed by atoms with Crippen LogP contribution in [-0.2, 0) is 4.79 Å². The quantitative estimate of drug-likeness (QED) is 0.359. The molecule has 4 saturated carbocycles. The predicted molar refractivity (Wildman–Crippen MR) is 132 cm³/mol. The Balaban J connectivity index is 1.61. The van der Waals surface area contributed by atoms with Gasteiger partial charge in [0.1, 0.15) is 6.29 Å². The smallest absolute Gasteiger partial charge is 0.126 e. The highest BCUT2D eigenvalue weighted by Gasteiger charge is 2.69. The molecular formula is C30H48O3. The summed E-state index contributed by atoms with van der Waals surface area (Å²) in [7, 11) is 0. The van der Waals surface area contributed by atoms with E-state index in [9.17, 15) is 15.0 Å². The van der Waals surface area contributed by atoms with E-state index in [4.69, 9.17) is 0 Å². The molecule has 0 spiro atoms. The normalized spacial score (nSPS) is 54.7. The lowest BCUT2D eigenvalue weighted by Gasteiger charge is -2.71. The summed E-state index contributed by atoms with van der Waals surface area (Å²) < 4.78 is 0.